The molecular weight excluding hydrogens is 350 g/mol. The molecular formula is C18H21N5O2S. The molecule has 0 fully saturated rings. The van der Waals surface area contributed by atoms with Crippen LogP contribution in [0.25, 0.3) is 0 Å². The molecule has 3 aromatic heterocycles. The van der Waals surface area contributed by atoms with Crippen molar-refractivity contribution in [3.63, 3.8) is 0 Å². The molecule has 1 amide bonds. The smallest absolute Gasteiger partial charge is 0.270 e. The maximum absolute atomic E-state index is 12.2. The molecule has 0 spiro atoms. The first-order chi connectivity index (χ1) is 12.7. The number of nitrogens with one attached hydrogen (secondary N) is 1. The van der Waals surface area contributed by atoms with Crippen LogP contribution in [0.1, 0.15) is 39.4 Å². The highest BCUT2D eigenvalue weighted by Gasteiger charge is 2.26. The van der Waals surface area contributed by atoms with Crippen molar-refractivity contribution in [2.24, 2.45) is 0 Å². The summed E-state index contributed by atoms with van der Waals surface area (Å²) in [5.74, 6) is 0.849. The van der Waals surface area contributed by atoms with E-state index in [1.807, 2.05) is 25.3 Å². The normalized spacial score (nSPS) is 17.2. The van der Waals surface area contributed by atoms with E-state index in [4.69, 9.17) is 4.42 Å². The van der Waals surface area contributed by atoms with Gasteiger partial charge < -0.3 is 9.73 Å². The van der Waals surface area contributed by atoms with Crippen molar-refractivity contribution in [2.45, 2.75) is 32.5 Å². The van der Waals surface area contributed by atoms with Crippen LogP contribution in [0.3, 0.4) is 0 Å². The molecule has 1 atom stereocenters. The first kappa shape index (κ1) is 17.0. The fraction of sp³-hybridized carbons (Fsp3) is 0.389. The van der Waals surface area contributed by atoms with Crippen LogP contribution in [0, 0.1) is 6.92 Å². The number of thiazole rings is 1. The Labute approximate surface area is 155 Å². The van der Waals surface area contributed by atoms with Crippen LogP contribution in [-0.4, -0.2) is 38.7 Å². The van der Waals surface area contributed by atoms with Crippen molar-refractivity contribution >= 4 is 17.2 Å². The minimum atomic E-state index is -0.113. The van der Waals surface area contributed by atoms with Gasteiger partial charge in [0, 0.05) is 31.2 Å². The molecule has 0 aliphatic carbocycles. The van der Waals surface area contributed by atoms with Gasteiger partial charge in [0.05, 0.1) is 29.6 Å². The molecule has 0 bridgehead atoms. The van der Waals surface area contributed by atoms with E-state index in [1.54, 1.807) is 11.6 Å². The highest BCUT2D eigenvalue weighted by Crippen LogP contribution is 2.24. The van der Waals surface area contributed by atoms with Gasteiger partial charge in [0.2, 0.25) is 0 Å². The van der Waals surface area contributed by atoms with Gasteiger partial charge in [-0.05, 0) is 31.5 Å². The van der Waals surface area contributed by atoms with E-state index in [0.29, 0.717) is 12.2 Å². The third-order valence-corrected chi connectivity index (χ3v) is 5.30. The van der Waals surface area contributed by atoms with Crippen molar-refractivity contribution in [2.75, 3.05) is 13.1 Å². The number of aromatic nitrogens is 3. The van der Waals surface area contributed by atoms with Crippen LogP contribution in [0.5, 0.6) is 0 Å². The largest absolute Gasteiger partial charge is 0.468 e. The summed E-state index contributed by atoms with van der Waals surface area (Å²) in [7, 11) is 0. The van der Waals surface area contributed by atoms with Gasteiger partial charge in [0.15, 0.2) is 0 Å². The number of rotatable bonds is 6. The number of hydrogen-bond acceptors (Lipinski definition) is 6. The van der Waals surface area contributed by atoms with Gasteiger partial charge in [0.25, 0.3) is 5.91 Å². The Hall–Kier alpha value is -2.45. The van der Waals surface area contributed by atoms with E-state index in [2.05, 4.69) is 31.0 Å². The van der Waals surface area contributed by atoms with Crippen molar-refractivity contribution in [3.8, 4) is 0 Å². The summed E-state index contributed by atoms with van der Waals surface area (Å²) in [6.07, 6.45) is 4.37. The highest BCUT2D eigenvalue weighted by atomic mass is 32.1. The lowest BCUT2D eigenvalue weighted by Gasteiger charge is -2.33. The zero-order valence-electron chi connectivity index (χ0n) is 14.6. The maximum Gasteiger partial charge on any atom is 0.270 e. The van der Waals surface area contributed by atoms with E-state index in [0.717, 1.165) is 36.8 Å². The van der Waals surface area contributed by atoms with Gasteiger partial charge in [-0.15, -0.1) is 11.3 Å². The number of nitrogens with zero attached hydrogens (tertiary/aromatic N) is 4. The second-order valence-corrected chi connectivity index (χ2v) is 7.53. The third kappa shape index (κ3) is 3.71. The Bertz CT molecular complexity index is 870. The molecule has 1 N–H and O–H groups in total. The van der Waals surface area contributed by atoms with Gasteiger partial charge in [-0.25, -0.2) is 4.98 Å². The van der Waals surface area contributed by atoms with Crippen molar-refractivity contribution in [1.82, 2.24) is 25.0 Å². The number of amides is 1. The highest BCUT2D eigenvalue weighted by molar-refractivity contribution is 7.09. The summed E-state index contributed by atoms with van der Waals surface area (Å²) in [5.41, 5.74) is 1.68. The Morgan fingerprint density at radius 2 is 2.38 bits per heavy atom. The first-order valence-corrected chi connectivity index (χ1v) is 9.54. The molecule has 0 saturated carbocycles. The van der Waals surface area contributed by atoms with Crippen LogP contribution in [0.2, 0.25) is 0 Å². The topological polar surface area (TPSA) is 76.2 Å². The van der Waals surface area contributed by atoms with Crippen LogP contribution in [0.15, 0.2) is 40.5 Å². The van der Waals surface area contributed by atoms with Gasteiger partial charge in [-0.3, -0.25) is 14.4 Å². The lowest BCUT2D eigenvalue weighted by Crippen LogP contribution is -2.38. The summed E-state index contributed by atoms with van der Waals surface area (Å²) in [6.45, 7) is 4.99. The molecule has 0 unspecified atom stereocenters. The van der Waals surface area contributed by atoms with E-state index in [9.17, 15) is 4.79 Å². The quantitative estimate of drug-likeness (QED) is 0.721. The van der Waals surface area contributed by atoms with E-state index in [1.165, 1.54) is 17.0 Å². The molecule has 0 radical (unpaired) electrons. The number of hydrogen-bond donors (Lipinski definition) is 1. The molecule has 0 aromatic carbocycles. The van der Waals surface area contributed by atoms with Crippen LogP contribution < -0.4 is 5.32 Å². The molecule has 7 nitrogen and oxygen atoms in total. The number of fused-ring (bicyclic) bond motifs is 1. The number of carbonyl (C=O) groups excluding carboxylic acids is 1. The predicted octanol–water partition coefficient (Wildman–Crippen LogP) is 2.62. The molecule has 1 aliphatic rings. The maximum atomic E-state index is 12.2. The van der Waals surface area contributed by atoms with Crippen molar-refractivity contribution in [3.05, 3.63) is 58.2 Å². The molecule has 0 saturated heterocycles. The molecule has 26 heavy (non-hydrogen) atoms. The average molecular weight is 371 g/mol. The van der Waals surface area contributed by atoms with Crippen LogP contribution in [0.4, 0.5) is 0 Å². The summed E-state index contributed by atoms with van der Waals surface area (Å²) in [5, 5.41) is 10.1. The number of aryl methyl sites for hydroxylation is 1. The third-order valence-electron chi connectivity index (χ3n) is 4.53. The molecule has 3 aromatic rings. The minimum Gasteiger partial charge on any atom is -0.468 e. The van der Waals surface area contributed by atoms with E-state index >= 15 is 0 Å². The van der Waals surface area contributed by atoms with Gasteiger partial charge >= 0.3 is 0 Å². The molecule has 4 rings (SSSR count). The lowest BCUT2D eigenvalue weighted by molar-refractivity contribution is 0.0942. The Morgan fingerprint density at radius 1 is 1.46 bits per heavy atom. The standard InChI is InChI=1S/C18H21N5O2S/c1-13-21-17(12-26-13)18(24)19-6-4-14-9-22(11-16-3-2-8-25-16)10-15-5-7-20-23(14)15/h2-3,5,7-8,12,14H,4,6,9-11H2,1H3,(H,19,24)/t14-/m0/s1. The van der Waals surface area contributed by atoms with E-state index < -0.39 is 0 Å². The molecule has 8 heteroatoms. The number of carbonyl (C=O) groups is 1. The number of furan rings is 1. The predicted molar refractivity (Wildman–Crippen MR) is 97.9 cm³/mol. The Morgan fingerprint density at radius 3 is 3.15 bits per heavy atom. The molecule has 4 heterocycles. The SMILES string of the molecule is Cc1nc(C(=O)NCC[C@H]2CN(Cc3ccco3)Cc3ccnn32)cs1. The molecule has 1 aliphatic heterocycles. The fourth-order valence-corrected chi connectivity index (χ4v) is 3.93. The van der Waals surface area contributed by atoms with Gasteiger partial charge in [0.1, 0.15) is 11.5 Å². The van der Waals surface area contributed by atoms with Crippen LogP contribution in [-0.2, 0) is 13.1 Å². The zero-order valence-corrected chi connectivity index (χ0v) is 15.4. The van der Waals surface area contributed by atoms with Gasteiger partial charge in [-0.2, -0.15) is 5.10 Å². The second-order valence-electron chi connectivity index (χ2n) is 6.47. The Kier molecular flexibility index (Phi) is 4.85. The summed E-state index contributed by atoms with van der Waals surface area (Å²) >= 11 is 1.49. The lowest BCUT2D eigenvalue weighted by atomic mass is 10.1. The van der Waals surface area contributed by atoms with Crippen molar-refractivity contribution < 1.29 is 9.21 Å². The average Bonchev–Trinajstić information content (AvgIpc) is 3.36. The van der Waals surface area contributed by atoms with Gasteiger partial charge in [-0.1, -0.05) is 0 Å². The molecule has 136 valence electrons. The monoisotopic (exact) mass is 371 g/mol. The minimum absolute atomic E-state index is 0.113. The first-order valence-electron chi connectivity index (χ1n) is 8.66. The Balaban J connectivity index is 1.36. The second kappa shape index (κ2) is 7.43. The van der Waals surface area contributed by atoms with E-state index in [-0.39, 0.29) is 11.9 Å². The zero-order chi connectivity index (χ0) is 17.9. The van der Waals surface area contributed by atoms with Crippen LogP contribution >= 0.6 is 11.3 Å². The fourth-order valence-electron chi connectivity index (χ4n) is 3.33. The summed E-state index contributed by atoms with van der Waals surface area (Å²) < 4.78 is 7.56. The summed E-state index contributed by atoms with van der Waals surface area (Å²) in [4.78, 5) is 18.7. The summed E-state index contributed by atoms with van der Waals surface area (Å²) in [6, 6.07) is 6.19. The van der Waals surface area contributed by atoms with Crippen molar-refractivity contribution in [1.29, 1.82) is 0 Å².